The van der Waals surface area contributed by atoms with Gasteiger partial charge >= 0.3 is 6.09 Å². The molecule has 22 heavy (non-hydrogen) atoms. The number of hydrogen-bond donors (Lipinski definition) is 1. The van der Waals surface area contributed by atoms with Crippen molar-refractivity contribution in [3.8, 4) is 17.2 Å². The van der Waals surface area contributed by atoms with Crippen LogP contribution in [0, 0.1) is 0 Å². The molecule has 0 aliphatic rings. The van der Waals surface area contributed by atoms with E-state index < -0.39 is 6.09 Å². The fraction of sp³-hybridized carbons (Fsp3) is 0.133. The van der Waals surface area contributed by atoms with Crippen molar-refractivity contribution >= 4 is 35.0 Å². The van der Waals surface area contributed by atoms with E-state index in [1.807, 2.05) is 0 Å². The molecule has 2 aromatic carbocycles. The second kappa shape index (κ2) is 7.24. The Kier molecular flexibility index (Phi) is 5.35. The standard InChI is InChI=1S/C15H13Cl2NO4/c1-20-9-4-6-14(21-2)13(8-9)18-15(19)22-10-3-5-11(16)12(17)7-10/h3-8H,1-2H3,(H,18,19). The third-order valence-electron chi connectivity index (χ3n) is 2.74. The Balaban J connectivity index is 2.12. The molecule has 0 aliphatic heterocycles. The van der Waals surface area contributed by atoms with Crippen molar-refractivity contribution in [2.75, 3.05) is 19.5 Å². The van der Waals surface area contributed by atoms with Gasteiger partial charge in [-0.2, -0.15) is 0 Å². The highest BCUT2D eigenvalue weighted by Gasteiger charge is 2.11. The third kappa shape index (κ3) is 3.96. The van der Waals surface area contributed by atoms with E-state index in [0.29, 0.717) is 27.2 Å². The fourth-order valence-electron chi connectivity index (χ4n) is 1.69. The first-order chi connectivity index (χ1) is 10.5. The predicted molar refractivity (Wildman–Crippen MR) is 85.7 cm³/mol. The van der Waals surface area contributed by atoms with Crippen LogP contribution in [0.5, 0.6) is 17.2 Å². The molecule has 0 aromatic heterocycles. The van der Waals surface area contributed by atoms with Gasteiger partial charge < -0.3 is 14.2 Å². The molecule has 0 atom stereocenters. The number of methoxy groups -OCH3 is 2. The predicted octanol–water partition coefficient (Wildman–Crippen LogP) is 4.62. The number of carbonyl (C=O) groups is 1. The van der Waals surface area contributed by atoms with Crippen molar-refractivity contribution < 1.29 is 19.0 Å². The zero-order valence-electron chi connectivity index (χ0n) is 11.9. The highest BCUT2D eigenvalue weighted by atomic mass is 35.5. The SMILES string of the molecule is COc1ccc(OC)c(NC(=O)Oc2ccc(Cl)c(Cl)c2)c1. The average molecular weight is 342 g/mol. The van der Waals surface area contributed by atoms with E-state index in [2.05, 4.69) is 5.32 Å². The maximum absolute atomic E-state index is 11.9. The summed E-state index contributed by atoms with van der Waals surface area (Å²) in [5.41, 5.74) is 0.423. The highest BCUT2D eigenvalue weighted by Crippen LogP contribution is 2.30. The van der Waals surface area contributed by atoms with Crippen LogP contribution in [-0.2, 0) is 0 Å². The van der Waals surface area contributed by atoms with Crippen molar-refractivity contribution in [1.82, 2.24) is 0 Å². The van der Waals surface area contributed by atoms with Crippen molar-refractivity contribution in [1.29, 1.82) is 0 Å². The summed E-state index contributed by atoms with van der Waals surface area (Å²) >= 11 is 11.7. The van der Waals surface area contributed by atoms with Crippen LogP contribution >= 0.6 is 23.2 Å². The molecule has 0 aliphatic carbocycles. The normalized spacial score (nSPS) is 10.0. The molecule has 5 nitrogen and oxygen atoms in total. The van der Waals surface area contributed by atoms with Crippen LogP contribution in [0.15, 0.2) is 36.4 Å². The summed E-state index contributed by atoms with van der Waals surface area (Å²) in [6, 6.07) is 9.54. The van der Waals surface area contributed by atoms with Crippen LogP contribution in [0.4, 0.5) is 10.5 Å². The van der Waals surface area contributed by atoms with E-state index in [0.717, 1.165) is 0 Å². The molecule has 0 saturated heterocycles. The van der Waals surface area contributed by atoms with Gasteiger partial charge in [0.1, 0.15) is 17.2 Å². The van der Waals surface area contributed by atoms with E-state index in [-0.39, 0.29) is 5.75 Å². The molecule has 1 N–H and O–H groups in total. The number of halogens is 2. The second-order valence-electron chi connectivity index (χ2n) is 4.16. The lowest BCUT2D eigenvalue weighted by molar-refractivity contribution is 0.215. The highest BCUT2D eigenvalue weighted by molar-refractivity contribution is 6.42. The minimum atomic E-state index is -0.690. The quantitative estimate of drug-likeness (QED) is 0.881. The van der Waals surface area contributed by atoms with Gasteiger partial charge in [-0.15, -0.1) is 0 Å². The van der Waals surface area contributed by atoms with Gasteiger partial charge in [0.25, 0.3) is 0 Å². The number of nitrogens with one attached hydrogen (secondary N) is 1. The molecule has 0 bridgehead atoms. The molecule has 7 heteroatoms. The molecule has 2 rings (SSSR count). The summed E-state index contributed by atoms with van der Waals surface area (Å²) < 4.78 is 15.4. The maximum Gasteiger partial charge on any atom is 0.417 e. The zero-order valence-corrected chi connectivity index (χ0v) is 13.4. The largest absolute Gasteiger partial charge is 0.497 e. The van der Waals surface area contributed by atoms with Crippen molar-refractivity contribution in [3.63, 3.8) is 0 Å². The molecule has 2 aromatic rings. The number of hydrogen-bond acceptors (Lipinski definition) is 4. The Morgan fingerprint density at radius 1 is 0.955 bits per heavy atom. The van der Waals surface area contributed by atoms with Gasteiger partial charge in [-0.1, -0.05) is 23.2 Å². The van der Waals surface area contributed by atoms with Crippen LogP contribution in [0.25, 0.3) is 0 Å². The van der Waals surface area contributed by atoms with Crippen LogP contribution in [-0.4, -0.2) is 20.3 Å². The summed E-state index contributed by atoms with van der Waals surface area (Å²) in [7, 11) is 3.02. The molecular formula is C15H13Cl2NO4. The molecule has 0 fully saturated rings. The van der Waals surface area contributed by atoms with Crippen LogP contribution < -0.4 is 19.5 Å². The number of rotatable bonds is 4. The van der Waals surface area contributed by atoms with E-state index >= 15 is 0 Å². The average Bonchev–Trinajstić information content (AvgIpc) is 2.50. The summed E-state index contributed by atoms with van der Waals surface area (Å²) in [5, 5.41) is 3.25. The molecule has 0 saturated carbocycles. The first kappa shape index (κ1) is 16.3. The fourth-order valence-corrected chi connectivity index (χ4v) is 1.98. The summed E-state index contributed by atoms with van der Waals surface area (Å²) in [5.74, 6) is 1.33. The number of carbonyl (C=O) groups excluding carboxylic acids is 1. The number of amides is 1. The van der Waals surface area contributed by atoms with E-state index in [9.17, 15) is 4.79 Å². The molecule has 0 radical (unpaired) electrons. The lowest BCUT2D eigenvalue weighted by atomic mass is 10.2. The number of anilines is 1. The Labute approximate surface area is 137 Å². The molecule has 116 valence electrons. The first-order valence-corrected chi connectivity index (χ1v) is 6.95. The Morgan fingerprint density at radius 2 is 1.68 bits per heavy atom. The maximum atomic E-state index is 11.9. The number of ether oxygens (including phenoxy) is 3. The lowest BCUT2D eigenvalue weighted by Crippen LogP contribution is -2.17. The summed E-state index contributed by atoms with van der Waals surface area (Å²) in [6.45, 7) is 0. The Bertz CT molecular complexity index is 691. The number of benzene rings is 2. The molecule has 1 amide bonds. The van der Waals surface area contributed by atoms with Crippen molar-refractivity contribution in [2.45, 2.75) is 0 Å². The summed E-state index contributed by atoms with van der Waals surface area (Å²) in [4.78, 5) is 11.9. The van der Waals surface area contributed by atoms with Gasteiger partial charge in [0.15, 0.2) is 0 Å². The van der Waals surface area contributed by atoms with E-state index in [1.165, 1.54) is 26.4 Å². The Hall–Kier alpha value is -2.11. The van der Waals surface area contributed by atoms with Crippen molar-refractivity contribution in [2.24, 2.45) is 0 Å². The monoisotopic (exact) mass is 341 g/mol. The zero-order chi connectivity index (χ0) is 16.1. The molecule has 0 unspecified atom stereocenters. The van der Waals surface area contributed by atoms with Gasteiger partial charge in [-0.05, 0) is 24.3 Å². The third-order valence-corrected chi connectivity index (χ3v) is 3.48. The van der Waals surface area contributed by atoms with Gasteiger partial charge in [0.2, 0.25) is 0 Å². The van der Waals surface area contributed by atoms with E-state index in [4.69, 9.17) is 37.4 Å². The lowest BCUT2D eigenvalue weighted by Gasteiger charge is -2.12. The van der Waals surface area contributed by atoms with Crippen molar-refractivity contribution in [3.05, 3.63) is 46.4 Å². The molecule has 0 heterocycles. The summed E-state index contributed by atoms with van der Waals surface area (Å²) in [6.07, 6.45) is -0.690. The van der Waals surface area contributed by atoms with Gasteiger partial charge in [-0.25, -0.2) is 4.79 Å². The van der Waals surface area contributed by atoms with Crippen LogP contribution in [0.3, 0.4) is 0 Å². The smallest absolute Gasteiger partial charge is 0.417 e. The topological polar surface area (TPSA) is 56.8 Å². The van der Waals surface area contributed by atoms with Gasteiger partial charge in [0, 0.05) is 12.1 Å². The second-order valence-corrected chi connectivity index (χ2v) is 4.97. The van der Waals surface area contributed by atoms with E-state index in [1.54, 1.807) is 24.3 Å². The first-order valence-electron chi connectivity index (χ1n) is 6.19. The minimum Gasteiger partial charge on any atom is -0.497 e. The molecular weight excluding hydrogens is 329 g/mol. The minimum absolute atomic E-state index is 0.272. The Morgan fingerprint density at radius 3 is 2.32 bits per heavy atom. The van der Waals surface area contributed by atoms with Gasteiger partial charge in [0.05, 0.1) is 30.0 Å². The molecule has 0 spiro atoms. The van der Waals surface area contributed by atoms with Crippen LogP contribution in [0.1, 0.15) is 0 Å². The van der Waals surface area contributed by atoms with Crippen LogP contribution in [0.2, 0.25) is 10.0 Å². The van der Waals surface area contributed by atoms with Gasteiger partial charge in [-0.3, -0.25) is 5.32 Å².